The molecule has 2 aromatic rings. The highest BCUT2D eigenvalue weighted by Crippen LogP contribution is 2.29. The number of hydrogen-bond acceptors (Lipinski definition) is 5. The molecule has 3 aliphatic rings. The number of amidine groups is 1. The van der Waals surface area contributed by atoms with Crippen molar-refractivity contribution in [3.8, 4) is 0 Å². The van der Waals surface area contributed by atoms with Gasteiger partial charge in [-0.05, 0) is 54.7 Å². The fourth-order valence-corrected chi connectivity index (χ4v) is 5.70. The molecule has 8 heteroatoms. The normalized spacial score (nSPS) is 20.0. The molecule has 3 heterocycles. The molecule has 0 bridgehead atoms. The number of aliphatic imine (C=N–C) groups is 1. The topological polar surface area (TPSA) is 82.1 Å². The number of benzene rings is 2. The second kappa shape index (κ2) is 10.5. The van der Waals surface area contributed by atoms with Gasteiger partial charge < -0.3 is 15.1 Å². The van der Waals surface area contributed by atoms with E-state index in [-0.39, 0.29) is 24.1 Å². The molecule has 0 saturated carbocycles. The fraction of sp³-hybridized carbons (Fsp3) is 0.333. The Morgan fingerprint density at radius 2 is 1.74 bits per heavy atom. The maximum atomic E-state index is 12.9. The Labute approximate surface area is 209 Å². The standard InChI is InChI=1S/C27H28N4O3S/c32-24(18-23-25(33)29-27(35-23)31-14-4-5-15-31)28-22-10-8-21(9-11-22)26(34)30-16-12-20(13-17-30)19-6-2-1-3-7-19/h1-3,6-12,23H,4-5,13-18H2,(H,28,32)/t23-/m0/s1. The number of anilines is 1. The molecule has 5 rings (SSSR count). The highest BCUT2D eigenvalue weighted by molar-refractivity contribution is 8.15. The summed E-state index contributed by atoms with van der Waals surface area (Å²) in [7, 11) is 0. The minimum absolute atomic E-state index is 0.0224. The predicted molar refractivity (Wildman–Crippen MR) is 139 cm³/mol. The monoisotopic (exact) mass is 488 g/mol. The Morgan fingerprint density at radius 1 is 1.00 bits per heavy atom. The minimum Gasteiger partial charge on any atom is -0.351 e. The Morgan fingerprint density at radius 3 is 2.43 bits per heavy atom. The lowest BCUT2D eigenvalue weighted by atomic mass is 9.99. The van der Waals surface area contributed by atoms with Crippen molar-refractivity contribution in [2.24, 2.45) is 4.99 Å². The summed E-state index contributed by atoms with van der Waals surface area (Å²) in [4.78, 5) is 45.8. The van der Waals surface area contributed by atoms with Gasteiger partial charge in [0, 0.05) is 43.9 Å². The molecule has 0 spiro atoms. The Kier molecular flexibility index (Phi) is 6.99. The van der Waals surface area contributed by atoms with Gasteiger partial charge in [-0.3, -0.25) is 14.4 Å². The van der Waals surface area contributed by atoms with Crippen LogP contribution in [-0.4, -0.2) is 64.1 Å². The molecule has 1 fully saturated rings. The molecule has 2 aromatic carbocycles. The molecular weight excluding hydrogens is 460 g/mol. The minimum atomic E-state index is -0.473. The number of carbonyl (C=O) groups excluding carboxylic acids is 3. The lowest BCUT2D eigenvalue weighted by Gasteiger charge is -2.27. The summed E-state index contributed by atoms with van der Waals surface area (Å²) in [5, 5.41) is 3.11. The predicted octanol–water partition coefficient (Wildman–Crippen LogP) is 4.04. The maximum Gasteiger partial charge on any atom is 0.262 e. The molecule has 0 unspecified atom stereocenters. The van der Waals surface area contributed by atoms with E-state index in [1.165, 1.54) is 22.9 Å². The third kappa shape index (κ3) is 5.48. The van der Waals surface area contributed by atoms with Crippen LogP contribution >= 0.6 is 11.8 Å². The average Bonchev–Trinajstić information content (AvgIpc) is 3.55. The number of amides is 3. The number of rotatable bonds is 5. The van der Waals surface area contributed by atoms with E-state index < -0.39 is 5.25 Å². The van der Waals surface area contributed by atoms with Gasteiger partial charge in [-0.15, -0.1) is 0 Å². The van der Waals surface area contributed by atoms with Crippen molar-refractivity contribution in [3.63, 3.8) is 0 Å². The van der Waals surface area contributed by atoms with Gasteiger partial charge in [-0.2, -0.15) is 4.99 Å². The lowest BCUT2D eigenvalue weighted by Crippen LogP contribution is -2.34. The van der Waals surface area contributed by atoms with E-state index in [2.05, 4.69) is 33.4 Å². The van der Waals surface area contributed by atoms with Gasteiger partial charge >= 0.3 is 0 Å². The van der Waals surface area contributed by atoms with Crippen LogP contribution in [0.1, 0.15) is 41.6 Å². The van der Waals surface area contributed by atoms with Crippen molar-refractivity contribution in [1.82, 2.24) is 9.80 Å². The van der Waals surface area contributed by atoms with Crippen LogP contribution in [0.4, 0.5) is 5.69 Å². The van der Waals surface area contributed by atoms with Crippen LogP contribution in [0.25, 0.3) is 5.57 Å². The van der Waals surface area contributed by atoms with Crippen LogP contribution in [0.3, 0.4) is 0 Å². The molecule has 180 valence electrons. The highest BCUT2D eigenvalue weighted by Gasteiger charge is 2.33. The molecule has 1 N–H and O–H groups in total. The van der Waals surface area contributed by atoms with Crippen molar-refractivity contribution < 1.29 is 14.4 Å². The van der Waals surface area contributed by atoms with Crippen LogP contribution in [0.15, 0.2) is 65.7 Å². The molecule has 3 aliphatic heterocycles. The summed E-state index contributed by atoms with van der Waals surface area (Å²) >= 11 is 1.39. The van der Waals surface area contributed by atoms with E-state index in [9.17, 15) is 14.4 Å². The highest BCUT2D eigenvalue weighted by atomic mass is 32.2. The Balaban J connectivity index is 1.12. The second-order valence-corrected chi connectivity index (χ2v) is 10.1. The second-order valence-electron chi connectivity index (χ2n) is 8.96. The molecule has 0 aromatic heterocycles. The van der Waals surface area contributed by atoms with E-state index in [0.29, 0.717) is 24.3 Å². The van der Waals surface area contributed by atoms with Gasteiger partial charge in [-0.25, -0.2) is 0 Å². The summed E-state index contributed by atoms with van der Waals surface area (Å²) in [6.45, 7) is 3.10. The van der Waals surface area contributed by atoms with E-state index in [0.717, 1.165) is 37.5 Å². The number of hydrogen-bond donors (Lipinski definition) is 1. The van der Waals surface area contributed by atoms with Crippen molar-refractivity contribution in [2.45, 2.75) is 30.9 Å². The molecule has 0 radical (unpaired) electrons. The number of nitrogens with zero attached hydrogens (tertiary/aromatic N) is 3. The third-order valence-corrected chi connectivity index (χ3v) is 7.75. The zero-order chi connectivity index (χ0) is 24.2. The van der Waals surface area contributed by atoms with E-state index >= 15 is 0 Å². The van der Waals surface area contributed by atoms with Gasteiger partial charge in [-0.1, -0.05) is 48.2 Å². The molecule has 0 aliphatic carbocycles. The first-order chi connectivity index (χ1) is 17.1. The first kappa shape index (κ1) is 23.4. The van der Waals surface area contributed by atoms with E-state index in [4.69, 9.17) is 0 Å². The molecule has 3 amide bonds. The zero-order valence-electron chi connectivity index (χ0n) is 19.5. The maximum absolute atomic E-state index is 12.9. The van der Waals surface area contributed by atoms with Gasteiger partial charge in [0.15, 0.2) is 5.17 Å². The van der Waals surface area contributed by atoms with Gasteiger partial charge in [0.2, 0.25) is 5.91 Å². The van der Waals surface area contributed by atoms with Crippen LogP contribution in [0, 0.1) is 0 Å². The van der Waals surface area contributed by atoms with Crippen LogP contribution in [-0.2, 0) is 9.59 Å². The van der Waals surface area contributed by atoms with Crippen LogP contribution in [0.2, 0.25) is 0 Å². The largest absolute Gasteiger partial charge is 0.351 e. The van der Waals surface area contributed by atoms with Gasteiger partial charge in [0.05, 0.1) is 0 Å². The number of thioether (sulfide) groups is 1. The summed E-state index contributed by atoms with van der Waals surface area (Å²) in [5.74, 6) is -0.493. The third-order valence-electron chi connectivity index (χ3n) is 6.53. The fourth-order valence-electron chi connectivity index (χ4n) is 4.58. The number of likely N-dealkylation sites (tertiary alicyclic amines) is 1. The van der Waals surface area contributed by atoms with Crippen LogP contribution in [0.5, 0.6) is 0 Å². The molecule has 1 atom stereocenters. The average molecular weight is 489 g/mol. The van der Waals surface area contributed by atoms with Crippen molar-refractivity contribution >= 4 is 45.9 Å². The smallest absolute Gasteiger partial charge is 0.262 e. The lowest BCUT2D eigenvalue weighted by molar-refractivity contribution is -0.121. The SMILES string of the molecule is O=C(C[C@@H]1SC(N2CCCC2)=NC1=O)Nc1ccc(C(=O)N2CC=C(c3ccccc3)CC2)cc1. The van der Waals surface area contributed by atoms with Crippen molar-refractivity contribution in [1.29, 1.82) is 0 Å². The summed E-state index contributed by atoms with van der Waals surface area (Å²) in [6, 6.07) is 17.2. The molecule has 1 saturated heterocycles. The van der Waals surface area contributed by atoms with E-state index in [1.54, 1.807) is 24.3 Å². The Bertz CT molecular complexity index is 1170. The van der Waals surface area contributed by atoms with Crippen molar-refractivity contribution in [2.75, 3.05) is 31.5 Å². The van der Waals surface area contributed by atoms with Gasteiger partial charge in [0.1, 0.15) is 5.25 Å². The zero-order valence-corrected chi connectivity index (χ0v) is 20.3. The summed E-state index contributed by atoms with van der Waals surface area (Å²) in [5.41, 5.74) is 3.66. The van der Waals surface area contributed by atoms with Gasteiger partial charge in [0.25, 0.3) is 11.8 Å². The molecule has 35 heavy (non-hydrogen) atoms. The molecule has 7 nitrogen and oxygen atoms in total. The Hall–Kier alpha value is -3.39. The molecular formula is C27H28N4O3S. The first-order valence-electron chi connectivity index (χ1n) is 12.0. The van der Waals surface area contributed by atoms with Crippen molar-refractivity contribution in [3.05, 3.63) is 71.8 Å². The van der Waals surface area contributed by atoms with E-state index in [1.807, 2.05) is 23.1 Å². The number of nitrogens with one attached hydrogen (secondary N) is 1. The number of carbonyl (C=O) groups is 3. The first-order valence-corrected chi connectivity index (χ1v) is 12.9. The van der Waals surface area contributed by atoms with Crippen LogP contribution < -0.4 is 5.32 Å². The summed E-state index contributed by atoms with van der Waals surface area (Å²) < 4.78 is 0. The summed E-state index contributed by atoms with van der Waals surface area (Å²) in [6.07, 6.45) is 5.24. The quantitative estimate of drug-likeness (QED) is 0.687.